The maximum Gasteiger partial charge on any atom is 0.270 e. The Kier molecular flexibility index (Phi) is 5.56. The van der Waals surface area contributed by atoms with E-state index in [1.54, 1.807) is 36.1 Å². The number of hydrogen-bond acceptors (Lipinski definition) is 2. The van der Waals surface area contributed by atoms with E-state index in [9.17, 15) is 18.0 Å². The van der Waals surface area contributed by atoms with Crippen LogP contribution in [0.1, 0.15) is 34.0 Å². The van der Waals surface area contributed by atoms with Crippen molar-refractivity contribution < 1.29 is 18.0 Å². The predicted octanol–water partition coefficient (Wildman–Crippen LogP) is 4.20. The number of aryl methyl sites for hydroxylation is 1. The average molecular weight is 376 g/mol. The summed E-state index contributed by atoms with van der Waals surface area (Å²) in [6.07, 6.45) is 0. The zero-order valence-corrected chi connectivity index (χ0v) is 15.5. The van der Waals surface area contributed by atoms with Crippen molar-refractivity contribution in [2.24, 2.45) is 0 Å². The van der Waals surface area contributed by atoms with Crippen LogP contribution >= 0.6 is 0 Å². The molecule has 0 N–H and O–H groups in total. The second-order valence-electron chi connectivity index (χ2n) is 7.11. The van der Waals surface area contributed by atoms with Gasteiger partial charge in [0, 0.05) is 50.8 Å². The van der Waals surface area contributed by atoms with E-state index < -0.39 is 5.92 Å². The Balaban J connectivity index is 1.62. The third kappa shape index (κ3) is 4.69. The molecule has 1 saturated heterocycles. The van der Waals surface area contributed by atoms with E-state index in [1.165, 1.54) is 18.2 Å². The molecule has 0 bridgehead atoms. The Bertz CT molecular complexity index is 807. The molecular weight excluding hydrogens is 353 g/mol. The third-order valence-corrected chi connectivity index (χ3v) is 4.94. The molecule has 3 nitrogen and oxygen atoms in total. The number of alkyl halides is 2. The van der Waals surface area contributed by atoms with Crippen LogP contribution in [0, 0.1) is 12.7 Å². The van der Waals surface area contributed by atoms with Gasteiger partial charge in [0.1, 0.15) is 5.82 Å². The van der Waals surface area contributed by atoms with E-state index in [2.05, 4.69) is 4.90 Å². The summed E-state index contributed by atoms with van der Waals surface area (Å²) in [5.74, 6) is -3.46. The number of halogens is 3. The lowest BCUT2D eigenvalue weighted by Gasteiger charge is -2.35. The molecule has 0 saturated carbocycles. The molecule has 1 fully saturated rings. The molecule has 0 radical (unpaired) electrons. The average Bonchev–Trinajstić information content (AvgIpc) is 2.63. The molecule has 0 spiro atoms. The quantitative estimate of drug-likeness (QED) is 0.798. The number of carbonyl (C=O) groups is 1. The van der Waals surface area contributed by atoms with Gasteiger partial charge < -0.3 is 4.90 Å². The number of rotatable bonds is 4. The van der Waals surface area contributed by atoms with Crippen molar-refractivity contribution in [2.75, 3.05) is 26.2 Å². The highest BCUT2D eigenvalue weighted by Crippen LogP contribution is 2.30. The zero-order valence-electron chi connectivity index (χ0n) is 15.5. The summed E-state index contributed by atoms with van der Waals surface area (Å²) in [7, 11) is 0. The van der Waals surface area contributed by atoms with E-state index in [-0.39, 0.29) is 17.3 Å². The van der Waals surface area contributed by atoms with Crippen molar-refractivity contribution >= 4 is 5.91 Å². The van der Waals surface area contributed by atoms with Crippen molar-refractivity contribution in [3.8, 4) is 0 Å². The summed E-state index contributed by atoms with van der Waals surface area (Å²) in [5, 5.41) is 0. The van der Waals surface area contributed by atoms with Gasteiger partial charge in [-0.2, -0.15) is 0 Å². The molecule has 1 aliphatic rings. The Labute approximate surface area is 157 Å². The second kappa shape index (κ2) is 7.72. The predicted molar refractivity (Wildman–Crippen MR) is 98.3 cm³/mol. The molecule has 6 heteroatoms. The lowest BCUT2D eigenvalue weighted by atomic mass is 10.00. The highest BCUT2D eigenvalue weighted by atomic mass is 19.3. The zero-order chi connectivity index (χ0) is 19.6. The molecule has 0 atom stereocenters. The molecule has 144 valence electrons. The van der Waals surface area contributed by atoms with E-state index in [0.29, 0.717) is 43.9 Å². The Morgan fingerprint density at radius 1 is 1.04 bits per heavy atom. The van der Waals surface area contributed by atoms with Crippen molar-refractivity contribution in [1.29, 1.82) is 0 Å². The van der Waals surface area contributed by atoms with Crippen LogP contribution in [0.5, 0.6) is 0 Å². The molecule has 1 heterocycles. The first-order chi connectivity index (χ1) is 12.7. The standard InChI is InChI=1S/C21H23F3N2O/c1-15-3-6-17(13-19(15)21(2,23)24)20(27)26-11-9-25(10-12-26)14-16-4-7-18(22)8-5-16/h3-8,13H,9-12,14H2,1-2H3. The minimum Gasteiger partial charge on any atom is -0.336 e. The van der Waals surface area contributed by atoms with Gasteiger partial charge in [-0.1, -0.05) is 18.2 Å². The Hall–Kier alpha value is -2.34. The maximum absolute atomic E-state index is 13.7. The van der Waals surface area contributed by atoms with Gasteiger partial charge in [-0.25, -0.2) is 13.2 Å². The Morgan fingerprint density at radius 2 is 1.67 bits per heavy atom. The summed E-state index contributed by atoms with van der Waals surface area (Å²) < 4.78 is 40.4. The monoisotopic (exact) mass is 376 g/mol. The van der Waals surface area contributed by atoms with E-state index in [1.807, 2.05) is 0 Å². The maximum atomic E-state index is 13.7. The summed E-state index contributed by atoms with van der Waals surface area (Å²) in [6, 6.07) is 10.9. The molecule has 0 aliphatic carbocycles. The van der Waals surface area contributed by atoms with Crippen molar-refractivity contribution in [1.82, 2.24) is 9.80 Å². The molecule has 2 aromatic carbocycles. The van der Waals surface area contributed by atoms with E-state index in [0.717, 1.165) is 12.5 Å². The van der Waals surface area contributed by atoms with Crippen LogP contribution < -0.4 is 0 Å². The molecule has 0 aromatic heterocycles. The van der Waals surface area contributed by atoms with Gasteiger partial charge in [-0.05, 0) is 42.3 Å². The van der Waals surface area contributed by atoms with Crippen molar-refractivity contribution in [2.45, 2.75) is 26.3 Å². The van der Waals surface area contributed by atoms with Crippen LogP contribution in [0.15, 0.2) is 42.5 Å². The Morgan fingerprint density at radius 3 is 2.26 bits per heavy atom. The first kappa shape index (κ1) is 19.4. The van der Waals surface area contributed by atoms with Gasteiger partial charge in [0.25, 0.3) is 11.8 Å². The van der Waals surface area contributed by atoms with Crippen molar-refractivity contribution in [3.63, 3.8) is 0 Å². The lowest BCUT2D eigenvalue weighted by molar-refractivity contribution is 0.0167. The van der Waals surface area contributed by atoms with Gasteiger partial charge in [0.2, 0.25) is 0 Å². The molecule has 1 amide bonds. The fourth-order valence-electron chi connectivity index (χ4n) is 3.37. The SMILES string of the molecule is Cc1ccc(C(=O)N2CCN(Cc3ccc(F)cc3)CC2)cc1C(C)(F)F. The number of hydrogen-bond donors (Lipinski definition) is 0. The van der Waals surface area contributed by atoms with Crippen molar-refractivity contribution in [3.05, 3.63) is 70.5 Å². The highest BCUT2D eigenvalue weighted by molar-refractivity contribution is 5.94. The molecular formula is C21H23F3N2O. The van der Waals surface area contributed by atoms with E-state index in [4.69, 9.17) is 0 Å². The first-order valence-corrected chi connectivity index (χ1v) is 8.99. The number of benzene rings is 2. The normalized spacial score (nSPS) is 15.8. The number of piperazine rings is 1. The fourth-order valence-corrected chi connectivity index (χ4v) is 3.37. The molecule has 2 aromatic rings. The molecule has 27 heavy (non-hydrogen) atoms. The number of amides is 1. The highest BCUT2D eigenvalue weighted by Gasteiger charge is 2.29. The van der Waals surface area contributed by atoms with Crippen LogP contribution in [0.4, 0.5) is 13.2 Å². The topological polar surface area (TPSA) is 23.6 Å². The van der Waals surface area contributed by atoms with Gasteiger partial charge in [-0.3, -0.25) is 9.69 Å². The summed E-state index contributed by atoms with van der Waals surface area (Å²) in [4.78, 5) is 16.6. The fraction of sp³-hybridized carbons (Fsp3) is 0.381. The minimum absolute atomic E-state index is 0.108. The third-order valence-electron chi connectivity index (χ3n) is 4.94. The van der Waals surface area contributed by atoms with Gasteiger partial charge in [0.05, 0.1) is 0 Å². The smallest absolute Gasteiger partial charge is 0.270 e. The molecule has 1 aliphatic heterocycles. The van der Waals surface area contributed by atoms with Crippen LogP contribution in [0.25, 0.3) is 0 Å². The lowest BCUT2D eigenvalue weighted by Crippen LogP contribution is -2.48. The van der Waals surface area contributed by atoms with Crippen LogP contribution in [0.2, 0.25) is 0 Å². The van der Waals surface area contributed by atoms with Crippen LogP contribution in [-0.2, 0) is 12.5 Å². The summed E-state index contributed by atoms with van der Waals surface area (Å²) in [5.41, 5.74) is 1.68. The number of carbonyl (C=O) groups excluding carboxylic acids is 1. The van der Waals surface area contributed by atoms with Gasteiger partial charge >= 0.3 is 0 Å². The minimum atomic E-state index is -2.98. The number of nitrogens with zero attached hydrogens (tertiary/aromatic N) is 2. The summed E-state index contributed by atoms with van der Waals surface area (Å²) >= 11 is 0. The first-order valence-electron chi connectivity index (χ1n) is 8.99. The van der Waals surface area contributed by atoms with Crippen LogP contribution in [0.3, 0.4) is 0 Å². The van der Waals surface area contributed by atoms with Gasteiger partial charge in [-0.15, -0.1) is 0 Å². The largest absolute Gasteiger partial charge is 0.336 e. The van der Waals surface area contributed by atoms with Gasteiger partial charge in [0.15, 0.2) is 0 Å². The van der Waals surface area contributed by atoms with E-state index >= 15 is 0 Å². The summed E-state index contributed by atoms with van der Waals surface area (Å²) in [6.45, 7) is 5.60. The van der Waals surface area contributed by atoms with Crippen LogP contribution in [-0.4, -0.2) is 41.9 Å². The second-order valence-corrected chi connectivity index (χ2v) is 7.11. The molecule has 0 unspecified atom stereocenters. The molecule has 3 rings (SSSR count).